The lowest BCUT2D eigenvalue weighted by Gasteiger charge is -2.41. The van der Waals surface area contributed by atoms with Crippen LogP contribution in [-0.2, 0) is 10.0 Å². The Balaban J connectivity index is 1.65. The van der Waals surface area contributed by atoms with Crippen molar-refractivity contribution in [3.63, 3.8) is 0 Å². The van der Waals surface area contributed by atoms with E-state index in [1.54, 1.807) is 24.4 Å². The molecule has 0 spiro atoms. The van der Waals surface area contributed by atoms with Crippen LogP contribution in [0.4, 0.5) is 0 Å². The molecule has 0 fully saturated rings. The summed E-state index contributed by atoms with van der Waals surface area (Å²) in [5, 5.41) is 0. The molecule has 3 heterocycles. The molecule has 2 atom stereocenters. The van der Waals surface area contributed by atoms with Crippen molar-refractivity contribution in [2.24, 2.45) is 5.92 Å². The maximum atomic E-state index is 13.5. The first-order valence-corrected chi connectivity index (χ1v) is 10.4. The average molecular weight is 392 g/mol. The molecule has 0 radical (unpaired) electrons. The van der Waals surface area contributed by atoms with Crippen LogP contribution in [-0.4, -0.2) is 35.5 Å². The SMILES string of the molecule is O=C1c2ccccc2C(=O)N1S(=O)(=O)C1=CN2C=CC=CC2C2CC=CC=C12. The number of allylic oxidation sites excluding steroid dienone is 6. The highest BCUT2D eigenvalue weighted by atomic mass is 32.2. The zero-order valence-corrected chi connectivity index (χ0v) is 15.5. The number of carbonyl (C=O) groups excluding carboxylic acids is 2. The van der Waals surface area contributed by atoms with Gasteiger partial charge in [0.1, 0.15) is 4.91 Å². The van der Waals surface area contributed by atoms with E-state index in [0.29, 0.717) is 16.3 Å². The summed E-state index contributed by atoms with van der Waals surface area (Å²) in [4.78, 5) is 27.4. The largest absolute Gasteiger partial charge is 0.345 e. The van der Waals surface area contributed by atoms with Gasteiger partial charge in [-0.05, 0) is 30.2 Å². The molecule has 1 aromatic carbocycles. The monoisotopic (exact) mass is 392 g/mol. The number of rotatable bonds is 2. The summed E-state index contributed by atoms with van der Waals surface area (Å²) in [7, 11) is -4.36. The van der Waals surface area contributed by atoms with Crippen molar-refractivity contribution in [1.82, 2.24) is 9.21 Å². The highest BCUT2D eigenvalue weighted by Crippen LogP contribution is 2.42. The van der Waals surface area contributed by atoms with Crippen LogP contribution >= 0.6 is 0 Å². The summed E-state index contributed by atoms with van der Waals surface area (Å²) in [6.45, 7) is 0. The van der Waals surface area contributed by atoms with Gasteiger partial charge in [-0.2, -0.15) is 4.31 Å². The van der Waals surface area contributed by atoms with Crippen molar-refractivity contribution < 1.29 is 18.0 Å². The molecule has 1 aromatic rings. The van der Waals surface area contributed by atoms with Gasteiger partial charge in [0.2, 0.25) is 0 Å². The van der Waals surface area contributed by atoms with Crippen LogP contribution < -0.4 is 0 Å². The number of fused-ring (bicyclic) bond motifs is 4. The summed E-state index contributed by atoms with van der Waals surface area (Å²) in [5.74, 6) is -1.68. The Kier molecular flexibility index (Phi) is 3.57. The first-order chi connectivity index (χ1) is 13.5. The van der Waals surface area contributed by atoms with Gasteiger partial charge in [0, 0.05) is 18.3 Å². The lowest BCUT2D eigenvalue weighted by atomic mass is 9.81. The number of benzene rings is 1. The van der Waals surface area contributed by atoms with Gasteiger partial charge in [0.25, 0.3) is 21.8 Å². The number of nitrogens with zero attached hydrogens (tertiary/aromatic N) is 2. The number of hydrogen-bond acceptors (Lipinski definition) is 5. The Labute approximate surface area is 162 Å². The fraction of sp³-hybridized carbons (Fsp3) is 0.143. The maximum Gasteiger partial charge on any atom is 0.275 e. The standard InChI is InChI=1S/C21H16N2O4S/c24-20-16-9-3-4-10-17(16)21(25)23(20)28(26,27)19-13-22-12-6-5-11-18(22)14-7-1-2-8-15(14)19/h1-6,8-14,18H,7H2. The highest BCUT2D eigenvalue weighted by Gasteiger charge is 2.48. The number of carbonyl (C=O) groups is 2. The van der Waals surface area contributed by atoms with Gasteiger partial charge in [0.05, 0.1) is 17.2 Å². The van der Waals surface area contributed by atoms with Gasteiger partial charge in [-0.3, -0.25) is 9.59 Å². The predicted molar refractivity (Wildman–Crippen MR) is 103 cm³/mol. The zero-order valence-electron chi connectivity index (χ0n) is 14.7. The van der Waals surface area contributed by atoms with Gasteiger partial charge in [-0.25, -0.2) is 8.42 Å². The first-order valence-electron chi connectivity index (χ1n) is 8.94. The van der Waals surface area contributed by atoms with Crippen LogP contribution in [0.5, 0.6) is 0 Å². The van der Waals surface area contributed by atoms with Gasteiger partial charge in [0.15, 0.2) is 0 Å². The van der Waals surface area contributed by atoms with E-state index in [9.17, 15) is 18.0 Å². The summed E-state index contributed by atoms with van der Waals surface area (Å²) >= 11 is 0. The smallest absolute Gasteiger partial charge is 0.275 e. The molecule has 7 heteroatoms. The molecule has 0 aromatic heterocycles. The third-order valence-electron chi connectivity index (χ3n) is 5.46. The molecule has 2 amide bonds. The van der Waals surface area contributed by atoms with Crippen molar-refractivity contribution in [3.05, 3.63) is 94.7 Å². The van der Waals surface area contributed by atoms with E-state index in [-0.39, 0.29) is 28.0 Å². The summed E-state index contributed by atoms with van der Waals surface area (Å²) < 4.78 is 27.4. The van der Waals surface area contributed by atoms with Crippen LogP contribution in [0, 0.1) is 5.92 Å². The Hall–Kier alpha value is -3.19. The number of hydrogen-bond donors (Lipinski definition) is 0. The van der Waals surface area contributed by atoms with Crippen molar-refractivity contribution in [2.75, 3.05) is 0 Å². The third kappa shape index (κ3) is 2.23. The Bertz CT molecular complexity index is 1140. The van der Waals surface area contributed by atoms with E-state index in [2.05, 4.69) is 0 Å². The molecule has 0 saturated heterocycles. The van der Waals surface area contributed by atoms with E-state index in [4.69, 9.17) is 0 Å². The van der Waals surface area contributed by atoms with Gasteiger partial charge < -0.3 is 4.90 Å². The molecule has 5 rings (SSSR count). The minimum atomic E-state index is -4.36. The fourth-order valence-corrected chi connectivity index (χ4v) is 5.74. The van der Waals surface area contributed by atoms with Gasteiger partial charge in [-0.1, -0.05) is 42.5 Å². The Morgan fingerprint density at radius 2 is 1.68 bits per heavy atom. The molecule has 2 unspecified atom stereocenters. The second kappa shape index (κ2) is 5.90. The molecule has 28 heavy (non-hydrogen) atoms. The van der Waals surface area contributed by atoms with Gasteiger partial charge in [-0.15, -0.1) is 0 Å². The summed E-state index contributed by atoms with van der Waals surface area (Å²) in [6.07, 6.45) is 15.4. The molecule has 140 valence electrons. The second-order valence-corrected chi connectivity index (χ2v) is 8.73. The molecule has 0 N–H and O–H groups in total. The minimum Gasteiger partial charge on any atom is -0.345 e. The van der Waals surface area contributed by atoms with E-state index >= 15 is 0 Å². The maximum absolute atomic E-state index is 13.5. The quantitative estimate of drug-likeness (QED) is 0.724. The summed E-state index contributed by atoms with van der Waals surface area (Å²) in [5.41, 5.74) is 0.848. The van der Waals surface area contributed by atoms with Crippen LogP contribution in [0.25, 0.3) is 0 Å². The van der Waals surface area contributed by atoms with E-state index in [1.165, 1.54) is 18.3 Å². The van der Waals surface area contributed by atoms with Gasteiger partial charge >= 0.3 is 0 Å². The van der Waals surface area contributed by atoms with Crippen molar-refractivity contribution in [2.45, 2.75) is 12.5 Å². The molecule has 6 nitrogen and oxygen atoms in total. The zero-order chi connectivity index (χ0) is 19.5. The van der Waals surface area contributed by atoms with Crippen LogP contribution in [0.3, 0.4) is 0 Å². The highest BCUT2D eigenvalue weighted by molar-refractivity contribution is 7.94. The minimum absolute atomic E-state index is 0.00216. The molecular weight excluding hydrogens is 376 g/mol. The molecule has 4 aliphatic rings. The molecule has 3 aliphatic heterocycles. The third-order valence-corrected chi connectivity index (χ3v) is 7.17. The average Bonchev–Trinajstić information content (AvgIpc) is 2.98. The molecule has 1 aliphatic carbocycles. The number of sulfonamides is 1. The van der Waals surface area contributed by atoms with Crippen molar-refractivity contribution in [3.8, 4) is 0 Å². The van der Waals surface area contributed by atoms with E-state index < -0.39 is 21.8 Å². The second-order valence-electron chi connectivity index (χ2n) is 6.98. The topological polar surface area (TPSA) is 74.8 Å². The molecule has 0 bridgehead atoms. The van der Waals surface area contributed by atoms with Crippen LogP contribution in [0.2, 0.25) is 0 Å². The predicted octanol–water partition coefficient (Wildman–Crippen LogP) is 2.72. The molecular formula is C21H16N2O4S. The van der Waals surface area contributed by atoms with E-state index in [0.717, 1.165) is 0 Å². The first kappa shape index (κ1) is 16.9. The Morgan fingerprint density at radius 1 is 0.964 bits per heavy atom. The number of imide groups is 1. The lowest BCUT2D eigenvalue weighted by molar-refractivity contribution is 0.0766. The normalized spacial score (nSPS) is 25.3. The Morgan fingerprint density at radius 3 is 2.39 bits per heavy atom. The molecule has 0 saturated carbocycles. The van der Waals surface area contributed by atoms with Crippen LogP contribution in [0.1, 0.15) is 27.1 Å². The van der Waals surface area contributed by atoms with Crippen molar-refractivity contribution >= 4 is 21.8 Å². The van der Waals surface area contributed by atoms with Crippen LogP contribution in [0.15, 0.2) is 83.6 Å². The van der Waals surface area contributed by atoms with Crippen molar-refractivity contribution in [1.29, 1.82) is 0 Å². The fourth-order valence-electron chi connectivity index (χ4n) is 4.14. The summed E-state index contributed by atoms with van der Waals surface area (Å²) in [6, 6.07) is 6.17. The lowest BCUT2D eigenvalue weighted by Crippen LogP contribution is -2.44. The number of amides is 2. The van der Waals surface area contributed by atoms with E-state index in [1.807, 2.05) is 35.3 Å².